The molecule has 2 saturated heterocycles. The average Bonchev–Trinajstić information content (AvgIpc) is 2.75. The third-order valence-electron chi connectivity index (χ3n) is 6.30. The first-order valence-corrected chi connectivity index (χ1v) is 10.7. The number of pyridine rings is 1. The molecule has 0 bridgehead atoms. The second kappa shape index (κ2) is 9.33. The third-order valence-corrected chi connectivity index (χ3v) is 6.30. The van der Waals surface area contributed by atoms with Gasteiger partial charge in [-0.3, -0.25) is 14.7 Å². The van der Waals surface area contributed by atoms with Crippen LogP contribution in [0.3, 0.4) is 0 Å². The zero-order valence-electron chi connectivity index (χ0n) is 16.7. The van der Waals surface area contributed by atoms with Gasteiger partial charge in [-0.05, 0) is 67.8 Å². The van der Waals surface area contributed by atoms with E-state index in [-0.39, 0.29) is 5.92 Å². The molecule has 0 spiro atoms. The molecule has 2 aliphatic rings. The molecule has 2 fully saturated rings. The van der Waals surface area contributed by atoms with Crippen LogP contribution in [-0.2, 0) is 17.8 Å². The number of carbonyl (C=O) groups is 1. The van der Waals surface area contributed by atoms with E-state index in [9.17, 15) is 4.79 Å². The highest BCUT2D eigenvalue weighted by atomic mass is 16.2. The summed E-state index contributed by atoms with van der Waals surface area (Å²) >= 11 is 0. The van der Waals surface area contributed by atoms with Crippen LogP contribution < -0.4 is 0 Å². The molecule has 3 heterocycles. The number of carbonyl (C=O) groups excluding carboxylic acids is 1. The fourth-order valence-electron chi connectivity index (χ4n) is 4.71. The topological polar surface area (TPSA) is 36.4 Å². The lowest BCUT2D eigenvalue weighted by molar-refractivity contribution is -0.138. The molecule has 0 N–H and O–H groups in total. The first kappa shape index (κ1) is 19.1. The Morgan fingerprint density at radius 1 is 0.929 bits per heavy atom. The summed E-state index contributed by atoms with van der Waals surface area (Å²) in [5, 5.41) is 0. The van der Waals surface area contributed by atoms with Crippen molar-refractivity contribution in [3.63, 3.8) is 0 Å². The summed E-state index contributed by atoms with van der Waals surface area (Å²) in [4.78, 5) is 21.8. The molecule has 2 aromatic rings. The highest BCUT2D eigenvalue weighted by Gasteiger charge is 2.31. The second-order valence-electron chi connectivity index (χ2n) is 8.39. The minimum Gasteiger partial charge on any atom is -0.342 e. The zero-order chi connectivity index (χ0) is 19.2. The van der Waals surface area contributed by atoms with Crippen molar-refractivity contribution in [2.45, 2.75) is 38.6 Å². The normalized spacial score (nSPS) is 21.6. The molecule has 0 saturated carbocycles. The maximum atomic E-state index is 13.1. The molecule has 4 nitrogen and oxygen atoms in total. The van der Waals surface area contributed by atoms with Crippen molar-refractivity contribution < 1.29 is 4.79 Å². The van der Waals surface area contributed by atoms with Crippen molar-refractivity contribution in [2.75, 3.05) is 26.2 Å². The highest BCUT2D eigenvalue weighted by Crippen LogP contribution is 2.26. The van der Waals surface area contributed by atoms with Crippen molar-refractivity contribution in [1.82, 2.24) is 14.8 Å². The summed E-state index contributed by atoms with van der Waals surface area (Å²) in [6, 6.07) is 14.9. The molecule has 148 valence electrons. The van der Waals surface area contributed by atoms with Crippen LogP contribution in [0, 0.1) is 11.8 Å². The molecule has 1 aromatic carbocycles. The Hall–Kier alpha value is -2.20. The number of aromatic nitrogens is 1. The minimum absolute atomic E-state index is 0.168. The summed E-state index contributed by atoms with van der Waals surface area (Å²) < 4.78 is 0. The molecule has 1 aromatic heterocycles. The first-order valence-electron chi connectivity index (χ1n) is 10.7. The fourth-order valence-corrected chi connectivity index (χ4v) is 4.71. The van der Waals surface area contributed by atoms with Crippen LogP contribution in [0.5, 0.6) is 0 Å². The molecule has 0 unspecified atom stereocenters. The lowest BCUT2D eigenvalue weighted by atomic mass is 9.89. The van der Waals surface area contributed by atoms with E-state index in [1.54, 1.807) is 0 Å². The quantitative estimate of drug-likeness (QED) is 0.796. The summed E-state index contributed by atoms with van der Waals surface area (Å²) in [7, 11) is 0. The molecule has 1 amide bonds. The number of nitrogens with zero attached hydrogens (tertiary/aromatic N) is 3. The van der Waals surface area contributed by atoms with E-state index in [0.29, 0.717) is 11.8 Å². The van der Waals surface area contributed by atoms with E-state index in [0.717, 1.165) is 64.8 Å². The molecular formula is C24H31N3O. The zero-order valence-corrected chi connectivity index (χ0v) is 16.7. The maximum absolute atomic E-state index is 13.1. The van der Waals surface area contributed by atoms with Crippen LogP contribution >= 0.6 is 0 Å². The Bertz CT molecular complexity index is 741. The van der Waals surface area contributed by atoms with E-state index >= 15 is 0 Å². The standard InChI is InChI=1S/C24H31N3O/c28-24(23-7-4-14-26(19-23)18-22-8-12-25-13-9-22)27-15-10-21(11-16-27)17-20-5-2-1-3-6-20/h1-3,5-6,8-9,12-13,21,23H,4,7,10-11,14-19H2/t23-/m1/s1. The van der Waals surface area contributed by atoms with Gasteiger partial charge in [0, 0.05) is 38.6 Å². The number of benzene rings is 1. The lowest BCUT2D eigenvalue weighted by Gasteiger charge is -2.38. The molecule has 4 heteroatoms. The summed E-state index contributed by atoms with van der Waals surface area (Å²) in [6.07, 6.45) is 9.26. The van der Waals surface area contributed by atoms with E-state index < -0.39 is 0 Å². The van der Waals surface area contributed by atoms with Crippen molar-refractivity contribution in [3.05, 3.63) is 66.0 Å². The lowest BCUT2D eigenvalue weighted by Crippen LogP contribution is -2.47. The Morgan fingerprint density at radius 2 is 1.68 bits per heavy atom. The van der Waals surface area contributed by atoms with Gasteiger partial charge in [-0.1, -0.05) is 30.3 Å². The van der Waals surface area contributed by atoms with Crippen LogP contribution in [0.25, 0.3) is 0 Å². The number of amides is 1. The molecule has 2 aliphatic heterocycles. The van der Waals surface area contributed by atoms with E-state index in [2.05, 4.69) is 57.2 Å². The van der Waals surface area contributed by atoms with E-state index in [1.807, 2.05) is 12.4 Å². The Balaban J connectivity index is 1.26. The predicted octanol–water partition coefficient (Wildman–Crippen LogP) is 3.77. The van der Waals surface area contributed by atoms with Gasteiger partial charge in [0.15, 0.2) is 0 Å². The van der Waals surface area contributed by atoms with Crippen LogP contribution in [0.4, 0.5) is 0 Å². The summed E-state index contributed by atoms with van der Waals surface area (Å²) in [5.41, 5.74) is 2.70. The number of hydrogen-bond acceptors (Lipinski definition) is 3. The number of hydrogen-bond donors (Lipinski definition) is 0. The van der Waals surface area contributed by atoms with Crippen LogP contribution in [0.15, 0.2) is 54.9 Å². The highest BCUT2D eigenvalue weighted by molar-refractivity contribution is 5.79. The van der Waals surface area contributed by atoms with Crippen LogP contribution in [-0.4, -0.2) is 46.9 Å². The molecule has 4 rings (SSSR count). The smallest absolute Gasteiger partial charge is 0.226 e. The molecule has 0 aliphatic carbocycles. The van der Waals surface area contributed by atoms with E-state index in [1.165, 1.54) is 11.1 Å². The average molecular weight is 378 g/mol. The van der Waals surface area contributed by atoms with Crippen LogP contribution in [0.1, 0.15) is 36.8 Å². The van der Waals surface area contributed by atoms with Gasteiger partial charge in [-0.2, -0.15) is 0 Å². The van der Waals surface area contributed by atoms with Gasteiger partial charge in [-0.25, -0.2) is 0 Å². The SMILES string of the molecule is O=C([C@@H]1CCCN(Cc2ccncc2)C1)N1CCC(Cc2ccccc2)CC1. The Kier molecular flexibility index (Phi) is 6.38. The molecule has 1 atom stereocenters. The first-order chi connectivity index (χ1) is 13.8. The second-order valence-corrected chi connectivity index (χ2v) is 8.39. The van der Waals surface area contributed by atoms with E-state index in [4.69, 9.17) is 0 Å². The van der Waals surface area contributed by atoms with Crippen molar-refractivity contribution in [3.8, 4) is 0 Å². The number of likely N-dealkylation sites (tertiary alicyclic amines) is 2. The molecule has 0 radical (unpaired) electrons. The minimum atomic E-state index is 0.168. The number of piperidine rings is 2. The van der Waals surface area contributed by atoms with Gasteiger partial charge >= 0.3 is 0 Å². The monoisotopic (exact) mass is 377 g/mol. The van der Waals surface area contributed by atoms with Gasteiger partial charge < -0.3 is 4.90 Å². The molecule has 28 heavy (non-hydrogen) atoms. The summed E-state index contributed by atoms with van der Waals surface area (Å²) in [6.45, 7) is 4.76. The van der Waals surface area contributed by atoms with Gasteiger partial charge in [-0.15, -0.1) is 0 Å². The fraction of sp³-hybridized carbons (Fsp3) is 0.500. The van der Waals surface area contributed by atoms with Crippen molar-refractivity contribution in [1.29, 1.82) is 0 Å². The van der Waals surface area contributed by atoms with Crippen molar-refractivity contribution >= 4 is 5.91 Å². The van der Waals surface area contributed by atoms with Gasteiger partial charge in [0.25, 0.3) is 0 Å². The van der Waals surface area contributed by atoms with Gasteiger partial charge in [0.2, 0.25) is 5.91 Å². The van der Waals surface area contributed by atoms with Gasteiger partial charge in [0.1, 0.15) is 0 Å². The third kappa shape index (κ3) is 4.99. The largest absolute Gasteiger partial charge is 0.342 e. The maximum Gasteiger partial charge on any atom is 0.226 e. The summed E-state index contributed by atoms with van der Waals surface area (Å²) in [5.74, 6) is 1.26. The molecular weight excluding hydrogens is 346 g/mol. The van der Waals surface area contributed by atoms with Crippen molar-refractivity contribution in [2.24, 2.45) is 11.8 Å². The van der Waals surface area contributed by atoms with Crippen LogP contribution in [0.2, 0.25) is 0 Å². The van der Waals surface area contributed by atoms with Gasteiger partial charge in [0.05, 0.1) is 5.92 Å². The predicted molar refractivity (Wildman–Crippen MR) is 112 cm³/mol. The number of rotatable bonds is 5. The Morgan fingerprint density at radius 3 is 2.43 bits per heavy atom. The Labute approximate surface area is 168 Å².